The first-order valence-corrected chi connectivity index (χ1v) is 25.0. The average Bonchev–Trinajstić information content (AvgIpc) is 3.68. The van der Waals surface area contributed by atoms with Gasteiger partial charge in [0, 0.05) is 24.5 Å². The number of fused-ring (bicyclic) bond motifs is 1. The minimum absolute atomic E-state index is 0.0267. The SMILES string of the molecule is CC(C)c1cccc(C(C)C)c1N1[CH-]N(c2c(C(C)C)cccc2C(C)C)CC1.CCC1Oc2c([CH]=[Ru]([Cl])[Cl])cccc2N(C(=O)c2c(F)c(F)c(F)c(F)c2F)C1=O. The molecule has 4 aromatic carbocycles. The van der Waals surface area contributed by atoms with Crippen LogP contribution in [0.2, 0.25) is 0 Å². The zero-order valence-corrected chi connectivity index (χ0v) is 37.7. The number of hydrogen-bond donors (Lipinski definition) is 0. The van der Waals surface area contributed by atoms with Gasteiger partial charge in [0.1, 0.15) is 0 Å². The van der Waals surface area contributed by atoms with Crippen LogP contribution in [0.15, 0.2) is 54.6 Å². The van der Waals surface area contributed by atoms with E-state index in [1.807, 2.05) is 0 Å². The fourth-order valence-corrected chi connectivity index (χ4v) is 9.15. The summed E-state index contributed by atoms with van der Waals surface area (Å²) in [5.74, 6) is -12.4. The van der Waals surface area contributed by atoms with Crippen molar-refractivity contribution in [1.29, 1.82) is 0 Å². The van der Waals surface area contributed by atoms with Gasteiger partial charge in [-0.2, -0.15) is 6.67 Å². The van der Waals surface area contributed by atoms with Crippen molar-refractivity contribution >= 4 is 52.9 Å². The van der Waals surface area contributed by atoms with Crippen molar-refractivity contribution in [1.82, 2.24) is 0 Å². The van der Waals surface area contributed by atoms with Crippen molar-refractivity contribution in [2.24, 2.45) is 0 Å². The van der Waals surface area contributed by atoms with Crippen LogP contribution >= 0.6 is 19.4 Å². The molecule has 2 aliphatic heterocycles. The molecule has 0 spiro atoms. The molecular weight excluding hydrogens is 897 g/mol. The molecule has 0 bridgehead atoms. The second-order valence-electron chi connectivity index (χ2n) is 15.6. The molecule has 0 aromatic heterocycles. The van der Waals surface area contributed by atoms with Gasteiger partial charge < -0.3 is 9.80 Å². The molecule has 0 N–H and O–H groups in total. The number of benzene rings is 4. The third-order valence-corrected chi connectivity index (χ3v) is 12.2. The summed E-state index contributed by atoms with van der Waals surface area (Å²) in [5.41, 5.74) is 6.99. The number of nitrogens with zero attached hydrogens (tertiary/aromatic N) is 3. The summed E-state index contributed by atoms with van der Waals surface area (Å²) in [6.07, 6.45) is -1.19. The van der Waals surface area contributed by atoms with Gasteiger partial charge in [-0.1, -0.05) is 91.8 Å². The number of rotatable bonds is 9. The van der Waals surface area contributed by atoms with Crippen LogP contribution in [0.25, 0.3) is 0 Å². The number of amides is 2. The van der Waals surface area contributed by atoms with Crippen LogP contribution in [0.4, 0.5) is 39.0 Å². The normalized spacial score (nSPS) is 15.5. The van der Waals surface area contributed by atoms with E-state index in [2.05, 4.69) is 108 Å². The molecule has 1 saturated heterocycles. The van der Waals surface area contributed by atoms with Gasteiger partial charge in [-0.05, 0) is 45.9 Å². The molecule has 1 atom stereocenters. The van der Waals surface area contributed by atoms with E-state index in [0.29, 0.717) is 34.1 Å². The number of hydrogen-bond acceptors (Lipinski definition) is 5. The Morgan fingerprint density at radius 3 is 1.53 bits per heavy atom. The Labute approximate surface area is 356 Å². The average molecular weight is 947 g/mol. The number of carbonyl (C=O) groups excluding carboxylic acids is 2. The molecule has 0 radical (unpaired) electrons. The summed E-state index contributed by atoms with van der Waals surface area (Å²) < 4.78 is 76.0. The zero-order chi connectivity index (χ0) is 43.6. The van der Waals surface area contributed by atoms with Crippen molar-refractivity contribution in [3.05, 3.63) is 124 Å². The third kappa shape index (κ3) is 9.40. The van der Waals surface area contributed by atoms with Crippen molar-refractivity contribution in [2.45, 2.75) is 98.5 Å². The fraction of sp³-hybridized carbons (Fsp3) is 0.378. The number of carbonyl (C=O) groups is 2. The van der Waals surface area contributed by atoms with Crippen LogP contribution in [0.1, 0.15) is 131 Å². The summed E-state index contributed by atoms with van der Waals surface area (Å²) >= 11 is -2.38. The van der Waals surface area contributed by atoms with Crippen molar-refractivity contribution in [3.63, 3.8) is 0 Å². The first kappa shape index (κ1) is 46.2. The number of halogens is 7. The molecule has 2 aliphatic rings. The maximum atomic E-state index is 14.2. The summed E-state index contributed by atoms with van der Waals surface area (Å²) in [6, 6.07) is 17.8. The second kappa shape index (κ2) is 19.2. The van der Waals surface area contributed by atoms with Gasteiger partial charge in [-0.15, -0.1) is 0 Å². The van der Waals surface area contributed by atoms with Gasteiger partial charge in [0.25, 0.3) is 0 Å². The van der Waals surface area contributed by atoms with Crippen molar-refractivity contribution in [2.75, 3.05) is 27.8 Å². The number of imide groups is 1. The quantitative estimate of drug-likeness (QED) is 0.0418. The number of para-hydroxylation sites is 3. The molecule has 2 amide bonds. The molecule has 6 nitrogen and oxygen atoms in total. The van der Waals surface area contributed by atoms with Crippen LogP contribution in [-0.4, -0.2) is 35.6 Å². The van der Waals surface area contributed by atoms with Gasteiger partial charge in [0.05, 0.1) is 0 Å². The van der Waals surface area contributed by atoms with Crippen LogP contribution < -0.4 is 19.4 Å². The van der Waals surface area contributed by atoms with E-state index in [1.165, 1.54) is 56.4 Å². The van der Waals surface area contributed by atoms with Crippen molar-refractivity contribution in [3.8, 4) is 5.75 Å². The predicted molar refractivity (Wildman–Crippen MR) is 224 cm³/mol. The molecule has 14 heteroatoms. The van der Waals surface area contributed by atoms with E-state index in [9.17, 15) is 31.5 Å². The Bertz CT molecular complexity index is 2110. The molecule has 4 aromatic rings. The topological polar surface area (TPSA) is 53.1 Å². The molecule has 0 saturated carbocycles. The summed E-state index contributed by atoms with van der Waals surface area (Å²) in [7, 11) is 11.7. The van der Waals surface area contributed by atoms with Gasteiger partial charge in [-0.3, -0.25) is 0 Å². The third-order valence-electron chi connectivity index (χ3n) is 10.3. The Kier molecular flexibility index (Phi) is 15.1. The van der Waals surface area contributed by atoms with Gasteiger partial charge >= 0.3 is 180 Å². The van der Waals surface area contributed by atoms with E-state index in [0.717, 1.165) is 13.1 Å². The van der Waals surface area contributed by atoms with Gasteiger partial charge in [-0.25, -0.2) is 0 Å². The molecule has 1 unspecified atom stereocenters. The summed E-state index contributed by atoms with van der Waals surface area (Å²) in [4.78, 5) is 31.0. The molecule has 0 aliphatic carbocycles. The molecule has 59 heavy (non-hydrogen) atoms. The van der Waals surface area contributed by atoms with Crippen LogP contribution in [0.3, 0.4) is 0 Å². The van der Waals surface area contributed by atoms with E-state index >= 15 is 0 Å². The van der Waals surface area contributed by atoms with Crippen LogP contribution in [0.5, 0.6) is 5.75 Å². The first-order valence-electron chi connectivity index (χ1n) is 19.5. The predicted octanol–water partition coefficient (Wildman–Crippen LogP) is 12.4. The summed E-state index contributed by atoms with van der Waals surface area (Å²) in [5, 5.41) is 0. The molecule has 320 valence electrons. The molecule has 6 rings (SSSR count). The van der Waals surface area contributed by atoms with E-state index in [-0.39, 0.29) is 17.9 Å². The monoisotopic (exact) mass is 946 g/mol. The van der Waals surface area contributed by atoms with E-state index < -0.39 is 66.1 Å². The molecule has 1 fully saturated rings. The fourth-order valence-electron chi connectivity index (χ4n) is 7.36. The van der Waals surface area contributed by atoms with Gasteiger partial charge in [0.2, 0.25) is 0 Å². The Morgan fingerprint density at radius 2 is 1.14 bits per heavy atom. The molecule has 2 heterocycles. The molecular formula is C45H49Cl2F5N3O3Ru-. The Balaban J connectivity index is 0.000000224. The van der Waals surface area contributed by atoms with E-state index in [4.69, 9.17) is 24.1 Å². The van der Waals surface area contributed by atoms with Crippen molar-refractivity contribution < 1.29 is 49.8 Å². The zero-order valence-electron chi connectivity index (χ0n) is 34.4. The number of ether oxygens (including phenoxy) is 1. The summed E-state index contributed by atoms with van der Waals surface area (Å²) in [6.45, 7) is 24.4. The Hall–Kier alpha value is -3.86. The second-order valence-corrected chi connectivity index (χ2v) is 21.4. The number of anilines is 3. The standard InChI is InChI=1S/C27H39N2.C18H10F5NO3.2ClH.Ru/c1-18(2)22-11-9-12-23(19(3)4)26(22)28-15-16-29(17-28)27-24(20(5)6)13-10-14-25(27)21(7)8;1-3-9-17(25)24(8-6-4-5-7(2)16(8)27-9)18(26)10-11(19)13(21)15(23)14(22)12(10)20;;;/h9-14,17-21H,15-16H2,1-8H3;2,4-6,9H,3H2,1H3;2*1H;/q-1;;;;+2/p-2. The van der Waals surface area contributed by atoms with Crippen LogP contribution in [-0.2, 0) is 18.3 Å². The van der Waals surface area contributed by atoms with E-state index in [1.54, 1.807) is 6.92 Å². The maximum absolute atomic E-state index is 14.2. The van der Waals surface area contributed by atoms with Crippen LogP contribution in [0, 0.1) is 35.8 Å². The minimum atomic E-state index is -2.42. The van der Waals surface area contributed by atoms with Gasteiger partial charge in [0.15, 0.2) is 0 Å². The first-order chi connectivity index (χ1) is 27.8. The Morgan fingerprint density at radius 1 is 0.729 bits per heavy atom.